The van der Waals surface area contributed by atoms with Crippen LogP contribution in [0.2, 0.25) is 0 Å². The number of nitrogens with one attached hydrogen (secondary N) is 1. The first kappa shape index (κ1) is 21.3. The molecule has 0 spiro atoms. The van der Waals surface area contributed by atoms with E-state index >= 15 is 0 Å². The predicted molar refractivity (Wildman–Crippen MR) is 101 cm³/mol. The molecule has 140 valence electrons. The van der Waals surface area contributed by atoms with Gasteiger partial charge in [0.05, 0.1) is 0 Å². The molecule has 0 saturated carbocycles. The Hall–Kier alpha value is -1.79. The van der Waals surface area contributed by atoms with Crippen molar-refractivity contribution in [2.45, 2.75) is 45.1 Å². The lowest BCUT2D eigenvalue weighted by atomic mass is 10.1. The number of benzene rings is 1. The summed E-state index contributed by atoms with van der Waals surface area (Å²) in [5, 5.41) is 2.89. The van der Waals surface area contributed by atoms with E-state index in [9.17, 15) is 9.59 Å². The van der Waals surface area contributed by atoms with E-state index in [1.807, 2.05) is 12.1 Å². The number of ether oxygens (including phenoxy) is 1. The van der Waals surface area contributed by atoms with Crippen molar-refractivity contribution in [3.05, 3.63) is 24.3 Å². The monoisotopic (exact) mass is 369 g/mol. The fourth-order valence-corrected chi connectivity index (χ4v) is 2.76. The molecule has 0 radical (unpaired) electrons. The molecule has 25 heavy (non-hydrogen) atoms. The third-order valence-corrected chi connectivity index (χ3v) is 4.15. The molecule has 7 heteroatoms. The Morgan fingerprint density at radius 2 is 2.08 bits per heavy atom. The number of hydrogen-bond donors (Lipinski definition) is 2. The second-order valence-electron chi connectivity index (χ2n) is 6.07. The summed E-state index contributed by atoms with van der Waals surface area (Å²) in [6, 6.07) is 7.27. The number of carbonyl (C=O) groups excluding carboxylic acids is 2. The van der Waals surface area contributed by atoms with Gasteiger partial charge in [0.2, 0.25) is 5.91 Å². The second kappa shape index (κ2) is 10.9. The SMILES string of the molecule is CCCCC(CN)NC(=O)COc1ccc(N2CCCC2=O)cc1.Cl. The molecule has 1 saturated heterocycles. The van der Waals surface area contributed by atoms with Crippen molar-refractivity contribution < 1.29 is 14.3 Å². The first-order valence-electron chi connectivity index (χ1n) is 8.66. The number of carbonyl (C=O) groups is 2. The maximum Gasteiger partial charge on any atom is 0.258 e. The molecule has 6 nitrogen and oxygen atoms in total. The Balaban J connectivity index is 0.00000312. The zero-order valence-electron chi connectivity index (χ0n) is 14.7. The molecular formula is C18H28ClN3O3. The van der Waals surface area contributed by atoms with Crippen molar-refractivity contribution in [3.63, 3.8) is 0 Å². The van der Waals surface area contributed by atoms with Crippen molar-refractivity contribution in [2.24, 2.45) is 5.73 Å². The number of unbranched alkanes of at least 4 members (excludes halogenated alkanes) is 1. The van der Waals surface area contributed by atoms with Crippen molar-refractivity contribution >= 4 is 29.9 Å². The highest BCUT2D eigenvalue weighted by Gasteiger charge is 2.21. The van der Waals surface area contributed by atoms with Crippen molar-refractivity contribution in [1.82, 2.24) is 5.32 Å². The largest absolute Gasteiger partial charge is 0.484 e. The lowest BCUT2D eigenvalue weighted by molar-refractivity contribution is -0.123. The van der Waals surface area contributed by atoms with Crippen LogP contribution in [0.4, 0.5) is 5.69 Å². The minimum atomic E-state index is -0.166. The first-order valence-corrected chi connectivity index (χ1v) is 8.66. The Morgan fingerprint density at radius 1 is 1.36 bits per heavy atom. The number of anilines is 1. The molecule has 1 aliphatic rings. The molecule has 2 rings (SSSR count). The molecule has 1 fully saturated rings. The molecule has 1 aromatic rings. The van der Waals surface area contributed by atoms with Crippen LogP contribution in [0.5, 0.6) is 5.75 Å². The van der Waals surface area contributed by atoms with E-state index in [0.717, 1.165) is 37.9 Å². The molecule has 0 aromatic heterocycles. The minimum Gasteiger partial charge on any atom is -0.484 e. The average molecular weight is 370 g/mol. The third kappa shape index (κ3) is 6.55. The molecule has 2 amide bonds. The summed E-state index contributed by atoms with van der Waals surface area (Å²) in [5.74, 6) is 0.599. The van der Waals surface area contributed by atoms with E-state index in [-0.39, 0.29) is 36.9 Å². The van der Waals surface area contributed by atoms with Crippen LogP contribution >= 0.6 is 12.4 Å². The van der Waals surface area contributed by atoms with E-state index in [1.165, 1.54) is 0 Å². The van der Waals surface area contributed by atoms with Crippen LogP contribution in [0.1, 0.15) is 39.0 Å². The number of hydrogen-bond acceptors (Lipinski definition) is 4. The summed E-state index contributed by atoms with van der Waals surface area (Å²) in [4.78, 5) is 25.4. The summed E-state index contributed by atoms with van der Waals surface area (Å²) < 4.78 is 5.51. The maximum absolute atomic E-state index is 11.9. The van der Waals surface area contributed by atoms with Gasteiger partial charge in [0, 0.05) is 31.2 Å². The number of nitrogens with zero attached hydrogens (tertiary/aromatic N) is 1. The summed E-state index contributed by atoms with van der Waals surface area (Å²) in [6.07, 6.45) is 4.52. The fraction of sp³-hybridized carbons (Fsp3) is 0.556. The second-order valence-corrected chi connectivity index (χ2v) is 6.07. The van der Waals surface area contributed by atoms with Gasteiger partial charge in [-0.05, 0) is 37.1 Å². The Kier molecular flexibility index (Phi) is 9.31. The van der Waals surface area contributed by atoms with E-state index in [2.05, 4.69) is 12.2 Å². The van der Waals surface area contributed by atoms with Gasteiger partial charge in [0.25, 0.3) is 5.91 Å². The van der Waals surface area contributed by atoms with Crippen LogP contribution in [-0.4, -0.2) is 37.6 Å². The highest BCUT2D eigenvalue weighted by Crippen LogP contribution is 2.23. The van der Waals surface area contributed by atoms with Gasteiger partial charge < -0.3 is 20.7 Å². The number of nitrogens with two attached hydrogens (primary N) is 1. The summed E-state index contributed by atoms with van der Waals surface area (Å²) in [6.45, 7) is 3.27. The zero-order chi connectivity index (χ0) is 17.4. The molecular weight excluding hydrogens is 342 g/mol. The Labute approximate surface area is 155 Å². The van der Waals surface area contributed by atoms with E-state index < -0.39 is 0 Å². The smallest absolute Gasteiger partial charge is 0.258 e. The standard InChI is InChI=1S/C18H27N3O3.ClH/c1-2-3-5-14(12-19)20-17(22)13-24-16-9-7-15(8-10-16)21-11-4-6-18(21)23;/h7-10,14H,2-6,11-13,19H2,1H3,(H,20,22);1H. The summed E-state index contributed by atoms with van der Waals surface area (Å²) >= 11 is 0. The van der Waals surface area contributed by atoms with Crippen LogP contribution in [0, 0.1) is 0 Å². The molecule has 1 aromatic carbocycles. The van der Waals surface area contributed by atoms with Gasteiger partial charge in [-0.2, -0.15) is 0 Å². The quantitative estimate of drug-likeness (QED) is 0.699. The van der Waals surface area contributed by atoms with Crippen molar-refractivity contribution in [2.75, 3.05) is 24.6 Å². The molecule has 1 unspecified atom stereocenters. The number of amides is 2. The highest BCUT2D eigenvalue weighted by molar-refractivity contribution is 5.95. The molecule has 1 atom stereocenters. The van der Waals surface area contributed by atoms with Gasteiger partial charge in [0.1, 0.15) is 5.75 Å². The van der Waals surface area contributed by atoms with Crippen LogP contribution < -0.4 is 20.7 Å². The van der Waals surface area contributed by atoms with Crippen LogP contribution in [-0.2, 0) is 9.59 Å². The van der Waals surface area contributed by atoms with Crippen molar-refractivity contribution in [3.8, 4) is 5.75 Å². The Bertz CT molecular complexity index is 551. The molecule has 0 aliphatic carbocycles. The third-order valence-electron chi connectivity index (χ3n) is 4.15. The topological polar surface area (TPSA) is 84.7 Å². The normalized spacial score (nSPS) is 14.8. The van der Waals surface area contributed by atoms with Gasteiger partial charge in [-0.1, -0.05) is 19.8 Å². The van der Waals surface area contributed by atoms with Gasteiger partial charge in [-0.3, -0.25) is 9.59 Å². The Morgan fingerprint density at radius 3 is 2.64 bits per heavy atom. The van der Waals surface area contributed by atoms with Gasteiger partial charge in [-0.15, -0.1) is 12.4 Å². The summed E-state index contributed by atoms with van der Waals surface area (Å²) in [5.41, 5.74) is 6.54. The molecule has 0 bridgehead atoms. The summed E-state index contributed by atoms with van der Waals surface area (Å²) in [7, 11) is 0. The fourth-order valence-electron chi connectivity index (χ4n) is 2.76. The van der Waals surface area contributed by atoms with E-state index in [4.69, 9.17) is 10.5 Å². The zero-order valence-corrected chi connectivity index (χ0v) is 15.5. The maximum atomic E-state index is 11.9. The number of rotatable bonds is 9. The van der Waals surface area contributed by atoms with Gasteiger partial charge in [0.15, 0.2) is 6.61 Å². The molecule has 1 aliphatic heterocycles. The molecule has 3 N–H and O–H groups in total. The van der Waals surface area contributed by atoms with Gasteiger partial charge >= 0.3 is 0 Å². The highest BCUT2D eigenvalue weighted by atomic mass is 35.5. The van der Waals surface area contributed by atoms with Crippen molar-refractivity contribution in [1.29, 1.82) is 0 Å². The number of halogens is 1. The van der Waals surface area contributed by atoms with E-state index in [0.29, 0.717) is 18.7 Å². The molecule has 1 heterocycles. The minimum absolute atomic E-state index is 0. The predicted octanol–water partition coefficient (Wildman–Crippen LogP) is 2.25. The average Bonchev–Trinajstić information content (AvgIpc) is 3.03. The van der Waals surface area contributed by atoms with Gasteiger partial charge in [-0.25, -0.2) is 0 Å². The van der Waals surface area contributed by atoms with Crippen LogP contribution in [0.3, 0.4) is 0 Å². The lowest BCUT2D eigenvalue weighted by Crippen LogP contribution is -2.42. The van der Waals surface area contributed by atoms with Crippen LogP contribution in [0.15, 0.2) is 24.3 Å². The van der Waals surface area contributed by atoms with Crippen LogP contribution in [0.25, 0.3) is 0 Å². The lowest BCUT2D eigenvalue weighted by Gasteiger charge is -2.17. The van der Waals surface area contributed by atoms with E-state index in [1.54, 1.807) is 17.0 Å². The first-order chi connectivity index (χ1) is 11.6.